The third-order valence-electron chi connectivity index (χ3n) is 3.59. The van der Waals surface area contributed by atoms with Crippen molar-refractivity contribution < 1.29 is 17.7 Å². The monoisotopic (exact) mass is 356 g/mol. The molecule has 0 fully saturated rings. The molecular weight excluding hydrogens is 340 g/mol. The average Bonchev–Trinajstić information content (AvgIpc) is 3.09. The number of nitrogens with one attached hydrogen (secondary N) is 1. The minimum absolute atomic E-state index is 0.174. The molecule has 0 radical (unpaired) electrons. The highest BCUT2D eigenvalue weighted by Crippen LogP contribution is 2.19. The van der Waals surface area contributed by atoms with Crippen molar-refractivity contribution in [3.05, 3.63) is 71.9 Å². The molecular formula is C18H16N2O4S. The first-order valence-electron chi connectivity index (χ1n) is 7.53. The fraction of sp³-hybridized carbons (Fsp3) is 0.111. The molecule has 7 heteroatoms. The van der Waals surface area contributed by atoms with Crippen molar-refractivity contribution in [2.75, 3.05) is 6.26 Å². The Morgan fingerprint density at radius 1 is 1.08 bits per heavy atom. The maximum absolute atomic E-state index is 12.1. The Kier molecular flexibility index (Phi) is 4.67. The van der Waals surface area contributed by atoms with Gasteiger partial charge in [-0.1, -0.05) is 35.5 Å². The number of carbonyl (C=O) groups excluding carboxylic acids is 1. The predicted molar refractivity (Wildman–Crippen MR) is 92.7 cm³/mol. The van der Waals surface area contributed by atoms with E-state index in [9.17, 15) is 13.2 Å². The summed E-state index contributed by atoms with van der Waals surface area (Å²) in [4.78, 5) is 12.3. The molecule has 1 N–H and O–H groups in total. The van der Waals surface area contributed by atoms with Crippen LogP contribution in [0.5, 0.6) is 0 Å². The number of rotatable bonds is 5. The van der Waals surface area contributed by atoms with Gasteiger partial charge in [0, 0.05) is 23.4 Å². The lowest BCUT2D eigenvalue weighted by atomic mass is 10.1. The smallest absolute Gasteiger partial charge is 0.251 e. The van der Waals surface area contributed by atoms with E-state index in [4.69, 9.17) is 4.52 Å². The summed E-state index contributed by atoms with van der Waals surface area (Å²) in [7, 11) is -3.28. The average molecular weight is 356 g/mol. The number of aromatic nitrogens is 1. The molecule has 0 saturated carbocycles. The van der Waals surface area contributed by atoms with Crippen LogP contribution in [0.3, 0.4) is 0 Å². The minimum Gasteiger partial charge on any atom is -0.356 e. The molecule has 128 valence electrons. The van der Waals surface area contributed by atoms with Crippen LogP contribution in [-0.2, 0) is 16.4 Å². The molecule has 0 aliphatic rings. The number of nitrogens with zero attached hydrogens (tertiary/aromatic N) is 1. The summed E-state index contributed by atoms with van der Waals surface area (Å²) in [6.45, 7) is 0.211. The molecule has 6 nitrogen and oxygen atoms in total. The van der Waals surface area contributed by atoms with Gasteiger partial charge in [-0.3, -0.25) is 4.79 Å². The van der Waals surface area contributed by atoms with Crippen molar-refractivity contribution in [1.29, 1.82) is 0 Å². The Hall–Kier alpha value is -2.93. The van der Waals surface area contributed by atoms with Gasteiger partial charge in [-0.15, -0.1) is 0 Å². The second kappa shape index (κ2) is 6.90. The molecule has 25 heavy (non-hydrogen) atoms. The highest BCUT2D eigenvalue weighted by atomic mass is 32.2. The summed E-state index contributed by atoms with van der Waals surface area (Å²) >= 11 is 0. The zero-order chi connectivity index (χ0) is 17.9. The first-order chi connectivity index (χ1) is 11.9. The minimum atomic E-state index is -3.28. The van der Waals surface area contributed by atoms with Crippen LogP contribution in [0, 0.1) is 0 Å². The number of carbonyl (C=O) groups is 1. The summed E-state index contributed by atoms with van der Waals surface area (Å²) < 4.78 is 28.1. The molecule has 0 atom stereocenters. The molecule has 1 amide bonds. The molecule has 1 aromatic heterocycles. The SMILES string of the molecule is CS(=O)(=O)c1ccc(C(=O)NCc2cc(-c3ccccc3)on2)cc1. The molecule has 3 rings (SSSR count). The van der Waals surface area contributed by atoms with Gasteiger partial charge in [0.2, 0.25) is 0 Å². The fourth-order valence-electron chi connectivity index (χ4n) is 2.26. The summed E-state index contributed by atoms with van der Waals surface area (Å²) in [5.74, 6) is 0.312. The van der Waals surface area contributed by atoms with E-state index in [1.165, 1.54) is 24.3 Å². The van der Waals surface area contributed by atoms with Crippen LogP contribution in [0.1, 0.15) is 16.1 Å². The Morgan fingerprint density at radius 2 is 1.76 bits per heavy atom. The second-order valence-electron chi connectivity index (χ2n) is 5.53. The van der Waals surface area contributed by atoms with Crippen LogP contribution in [0.2, 0.25) is 0 Å². The van der Waals surface area contributed by atoms with E-state index in [1.807, 2.05) is 30.3 Å². The summed E-state index contributed by atoms with van der Waals surface area (Å²) in [6, 6.07) is 17.1. The van der Waals surface area contributed by atoms with Crippen LogP contribution >= 0.6 is 0 Å². The molecule has 1 heterocycles. The normalized spacial score (nSPS) is 11.2. The largest absolute Gasteiger partial charge is 0.356 e. The van der Waals surface area contributed by atoms with Crippen LogP contribution < -0.4 is 5.32 Å². The number of hydrogen-bond acceptors (Lipinski definition) is 5. The van der Waals surface area contributed by atoms with Gasteiger partial charge >= 0.3 is 0 Å². The van der Waals surface area contributed by atoms with Crippen LogP contribution in [0.15, 0.2) is 70.1 Å². The van der Waals surface area contributed by atoms with E-state index >= 15 is 0 Å². The van der Waals surface area contributed by atoms with Gasteiger partial charge in [-0.05, 0) is 24.3 Å². The maximum Gasteiger partial charge on any atom is 0.251 e. The van der Waals surface area contributed by atoms with Crippen molar-refractivity contribution in [2.45, 2.75) is 11.4 Å². The molecule has 0 aliphatic carbocycles. The van der Waals surface area contributed by atoms with Crippen molar-refractivity contribution in [3.8, 4) is 11.3 Å². The number of amides is 1. The number of hydrogen-bond donors (Lipinski definition) is 1. The standard InChI is InChI=1S/C18H16N2O4S/c1-25(22,23)16-9-7-14(8-10-16)18(21)19-12-15-11-17(24-20-15)13-5-3-2-4-6-13/h2-11H,12H2,1H3,(H,19,21). The molecule has 0 saturated heterocycles. The van der Waals surface area contributed by atoms with Crippen molar-refractivity contribution >= 4 is 15.7 Å². The quantitative estimate of drug-likeness (QED) is 0.759. The predicted octanol–water partition coefficient (Wildman–Crippen LogP) is 2.68. The molecule has 0 unspecified atom stereocenters. The van der Waals surface area contributed by atoms with E-state index in [1.54, 1.807) is 6.07 Å². The Labute approximate surface area is 145 Å². The molecule has 0 aliphatic heterocycles. The van der Waals surface area contributed by atoms with E-state index in [0.29, 0.717) is 17.0 Å². The van der Waals surface area contributed by atoms with Gasteiger partial charge in [0.1, 0.15) is 5.69 Å². The summed E-state index contributed by atoms with van der Waals surface area (Å²) in [6.07, 6.45) is 1.12. The first-order valence-corrected chi connectivity index (χ1v) is 9.42. The first kappa shape index (κ1) is 16.9. The zero-order valence-corrected chi connectivity index (χ0v) is 14.3. The number of benzene rings is 2. The summed E-state index contributed by atoms with van der Waals surface area (Å²) in [5, 5.41) is 6.66. The zero-order valence-electron chi connectivity index (χ0n) is 13.5. The van der Waals surface area contributed by atoms with Gasteiger partial charge in [-0.2, -0.15) is 0 Å². The Morgan fingerprint density at radius 3 is 2.40 bits per heavy atom. The van der Waals surface area contributed by atoms with Gasteiger partial charge in [0.05, 0.1) is 11.4 Å². The Balaban J connectivity index is 1.64. The Bertz CT molecular complexity index is 977. The molecule has 0 spiro atoms. The molecule has 3 aromatic rings. The highest BCUT2D eigenvalue weighted by molar-refractivity contribution is 7.90. The molecule has 2 aromatic carbocycles. The van der Waals surface area contributed by atoms with Crippen LogP contribution in [-0.4, -0.2) is 25.7 Å². The van der Waals surface area contributed by atoms with Crippen molar-refractivity contribution in [2.24, 2.45) is 0 Å². The third kappa shape index (κ3) is 4.13. The van der Waals surface area contributed by atoms with Crippen LogP contribution in [0.4, 0.5) is 0 Å². The highest BCUT2D eigenvalue weighted by Gasteiger charge is 2.11. The second-order valence-corrected chi connectivity index (χ2v) is 7.54. The summed E-state index contributed by atoms with van der Waals surface area (Å²) in [5.41, 5.74) is 1.88. The van der Waals surface area contributed by atoms with E-state index in [0.717, 1.165) is 11.8 Å². The van der Waals surface area contributed by atoms with Crippen LogP contribution in [0.25, 0.3) is 11.3 Å². The lowest BCUT2D eigenvalue weighted by Crippen LogP contribution is -2.22. The maximum atomic E-state index is 12.1. The lowest BCUT2D eigenvalue weighted by Gasteiger charge is -2.04. The lowest BCUT2D eigenvalue weighted by molar-refractivity contribution is 0.0950. The van der Waals surface area contributed by atoms with E-state index < -0.39 is 9.84 Å². The van der Waals surface area contributed by atoms with Gasteiger partial charge in [0.25, 0.3) is 5.91 Å². The fourth-order valence-corrected chi connectivity index (χ4v) is 2.89. The van der Waals surface area contributed by atoms with E-state index in [2.05, 4.69) is 10.5 Å². The van der Waals surface area contributed by atoms with Gasteiger partial charge in [-0.25, -0.2) is 8.42 Å². The van der Waals surface area contributed by atoms with Gasteiger partial charge in [0.15, 0.2) is 15.6 Å². The third-order valence-corrected chi connectivity index (χ3v) is 4.72. The van der Waals surface area contributed by atoms with Crippen molar-refractivity contribution in [1.82, 2.24) is 10.5 Å². The molecule has 0 bridgehead atoms. The van der Waals surface area contributed by atoms with E-state index in [-0.39, 0.29) is 17.3 Å². The number of sulfone groups is 1. The topological polar surface area (TPSA) is 89.3 Å². The van der Waals surface area contributed by atoms with Gasteiger partial charge < -0.3 is 9.84 Å². The van der Waals surface area contributed by atoms with Crippen molar-refractivity contribution in [3.63, 3.8) is 0 Å².